The predicted molar refractivity (Wildman–Crippen MR) is 86.4 cm³/mol. The summed E-state index contributed by atoms with van der Waals surface area (Å²) >= 11 is 0. The molecule has 2 aliphatic heterocycles. The van der Waals surface area contributed by atoms with Crippen LogP contribution in [-0.4, -0.2) is 45.9 Å². The molecule has 2 aromatic rings. The van der Waals surface area contributed by atoms with Crippen LogP contribution in [-0.2, 0) is 6.42 Å². The van der Waals surface area contributed by atoms with Crippen LogP contribution in [0, 0.1) is 0 Å². The lowest BCUT2D eigenvalue weighted by atomic mass is 9.71. The van der Waals surface area contributed by atoms with E-state index in [4.69, 9.17) is 4.65 Å². The number of para-hydroxylation sites is 1. The Hall–Kier alpha value is -3.13. The Labute approximate surface area is 142 Å². The summed E-state index contributed by atoms with van der Waals surface area (Å²) in [5.74, 6) is -3.03. The topological polar surface area (TPSA) is 104 Å². The minimum Gasteiger partial charge on any atom is -0.534 e. The van der Waals surface area contributed by atoms with E-state index in [1.165, 1.54) is 6.07 Å². The van der Waals surface area contributed by atoms with Crippen LogP contribution >= 0.6 is 0 Å². The van der Waals surface area contributed by atoms with Gasteiger partial charge in [-0.05, 0) is 30.2 Å². The summed E-state index contributed by atoms with van der Waals surface area (Å²) in [6, 6.07) is 11.0. The molecule has 1 unspecified atom stereocenters. The van der Waals surface area contributed by atoms with Crippen molar-refractivity contribution in [2.75, 3.05) is 0 Å². The van der Waals surface area contributed by atoms with Crippen molar-refractivity contribution >= 4 is 24.9 Å². The van der Waals surface area contributed by atoms with Crippen LogP contribution in [0.5, 0.6) is 5.75 Å². The number of imide groups is 1. The quantitative estimate of drug-likeness (QED) is 0.626. The number of aromatic carboxylic acids is 1. The molecule has 25 heavy (non-hydrogen) atoms. The molecule has 0 bridgehead atoms. The van der Waals surface area contributed by atoms with Gasteiger partial charge in [0.15, 0.2) is 0 Å². The van der Waals surface area contributed by atoms with E-state index in [2.05, 4.69) is 0 Å². The number of carboxylic acids is 1. The average molecular weight is 337 g/mol. The lowest BCUT2D eigenvalue weighted by molar-refractivity contribution is 0.0599. The summed E-state index contributed by atoms with van der Waals surface area (Å²) in [6.45, 7) is 0. The fourth-order valence-corrected chi connectivity index (χ4v) is 3.31. The molecule has 7 nitrogen and oxygen atoms in total. The van der Waals surface area contributed by atoms with E-state index in [1.807, 2.05) is 0 Å². The van der Waals surface area contributed by atoms with Crippen LogP contribution in [0.1, 0.15) is 36.6 Å². The number of nitrogens with zero attached hydrogens (tertiary/aromatic N) is 1. The van der Waals surface area contributed by atoms with Crippen LogP contribution in [0.2, 0.25) is 0 Å². The maximum atomic E-state index is 12.6. The molecule has 2 aromatic carbocycles. The van der Waals surface area contributed by atoms with Crippen molar-refractivity contribution in [2.24, 2.45) is 0 Å². The Balaban J connectivity index is 1.72. The van der Waals surface area contributed by atoms with E-state index in [-0.39, 0.29) is 28.9 Å². The van der Waals surface area contributed by atoms with Gasteiger partial charge in [-0.1, -0.05) is 24.3 Å². The summed E-state index contributed by atoms with van der Waals surface area (Å²) in [6.07, 6.45) is 0.114. The molecule has 1 atom stereocenters. The molecule has 0 saturated carbocycles. The zero-order chi connectivity index (χ0) is 17.7. The maximum absolute atomic E-state index is 12.6. The molecular weight excluding hydrogens is 325 g/mol. The molecule has 0 saturated heterocycles. The van der Waals surface area contributed by atoms with Crippen molar-refractivity contribution in [3.05, 3.63) is 64.7 Å². The summed E-state index contributed by atoms with van der Waals surface area (Å²) in [5, 5.41) is 19.6. The normalized spacial score (nSPS) is 18.7. The molecule has 8 heteroatoms. The summed E-state index contributed by atoms with van der Waals surface area (Å²) < 4.78 is 5.37. The SMILES string of the molecule is O=C(O)c1cccc2c1OB(O)C(N1C(=O)c3ccccc3C1=O)C2. The van der Waals surface area contributed by atoms with Gasteiger partial charge < -0.3 is 14.8 Å². The van der Waals surface area contributed by atoms with Gasteiger partial charge in [0.05, 0.1) is 22.6 Å². The third kappa shape index (κ3) is 2.22. The molecule has 0 aromatic heterocycles. The molecule has 0 aliphatic carbocycles. The largest absolute Gasteiger partial charge is 0.547 e. The highest BCUT2D eigenvalue weighted by atomic mass is 16.5. The fraction of sp³-hybridized carbons (Fsp3) is 0.118. The zero-order valence-corrected chi connectivity index (χ0v) is 12.9. The van der Waals surface area contributed by atoms with Crippen LogP contribution in [0.4, 0.5) is 0 Å². The first-order valence-corrected chi connectivity index (χ1v) is 7.66. The standard InChI is InChI=1S/C17H12BNO6/c20-15-10-5-1-2-6-11(10)16(21)19(15)13-8-9-4-3-7-12(17(22)23)14(9)25-18(13)24/h1-7,13,24H,8H2,(H,22,23). The first kappa shape index (κ1) is 15.4. The zero-order valence-electron chi connectivity index (χ0n) is 12.9. The smallest absolute Gasteiger partial charge is 0.534 e. The number of hydrogen-bond donors (Lipinski definition) is 2. The Morgan fingerprint density at radius 3 is 2.32 bits per heavy atom. The number of hydrogen-bond acceptors (Lipinski definition) is 5. The van der Waals surface area contributed by atoms with E-state index >= 15 is 0 Å². The second-order valence-corrected chi connectivity index (χ2v) is 5.90. The second kappa shape index (κ2) is 5.46. The lowest BCUT2D eigenvalue weighted by Crippen LogP contribution is -2.55. The van der Waals surface area contributed by atoms with Crippen LogP contribution in [0.25, 0.3) is 0 Å². The van der Waals surface area contributed by atoms with E-state index in [0.717, 1.165) is 4.90 Å². The average Bonchev–Trinajstić information content (AvgIpc) is 2.85. The van der Waals surface area contributed by atoms with Crippen molar-refractivity contribution < 1.29 is 29.2 Å². The summed E-state index contributed by atoms with van der Waals surface area (Å²) in [7, 11) is -1.50. The Morgan fingerprint density at radius 2 is 1.72 bits per heavy atom. The van der Waals surface area contributed by atoms with Crippen LogP contribution in [0.3, 0.4) is 0 Å². The van der Waals surface area contributed by atoms with Gasteiger partial charge in [0.2, 0.25) is 0 Å². The van der Waals surface area contributed by atoms with Gasteiger partial charge in [-0.3, -0.25) is 14.5 Å². The van der Waals surface area contributed by atoms with Gasteiger partial charge in [0.1, 0.15) is 5.75 Å². The number of carbonyl (C=O) groups excluding carboxylic acids is 2. The fourth-order valence-electron chi connectivity index (χ4n) is 3.31. The van der Waals surface area contributed by atoms with E-state index in [0.29, 0.717) is 5.56 Å². The minimum atomic E-state index is -1.50. The molecule has 124 valence electrons. The number of rotatable bonds is 2. The molecule has 2 amide bonds. The molecule has 4 rings (SSSR count). The van der Waals surface area contributed by atoms with Crippen LogP contribution in [0.15, 0.2) is 42.5 Å². The van der Waals surface area contributed by atoms with Crippen molar-refractivity contribution in [1.29, 1.82) is 0 Å². The molecule has 2 aliphatic rings. The Kier molecular flexibility index (Phi) is 3.36. The Bertz CT molecular complexity index is 892. The van der Waals surface area contributed by atoms with Gasteiger partial charge in [-0.15, -0.1) is 0 Å². The third-order valence-electron chi connectivity index (χ3n) is 4.48. The van der Waals surface area contributed by atoms with Gasteiger partial charge >= 0.3 is 13.1 Å². The monoisotopic (exact) mass is 337 g/mol. The van der Waals surface area contributed by atoms with Gasteiger partial charge in [0.25, 0.3) is 11.8 Å². The highest BCUT2D eigenvalue weighted by molar-refractivity contribution is 6.48. The number of benzene rings is 2. The highest BCUT2D eigenvalue weighted by Crippen LogP contribution is 2.34. The molecule has 0 radical (unpaired) electrons. The summed E-state index contributed by atoms with van der Waals surface area (Å²) in [4.78, 5) is 37.4. The first-order chi connectivity index (χ1) is 12.0. The number of fused-ring (bicyclic) bond motifs is 2. The van der Waals surface area contributed by atoms with Gasteiger partial charge in [-0.25, -0.2) is 4.79 Å². The number of amides is 2. The van der Waals surface area contributed by atoms with Crippen molar-refractivity contribution in [2.45, 2.75) is 12.4 Å². The number of carboxylic acid groups (broad SMARTS) is 1. The van der Waals surface area contributed by atoms with E-state index in [9.17, 15) is 24.5 Å². The maximum Gasteiger partial charge on any atom is 0.547 e. The van der Waals surface area contributed by atoms with Crippen molar-refractivity contribution in [3.8, 4) is 5.75 Å². The van der Waals surface area contributed by atoms with Gasteiger partial charge in [0, 0.05) is 0 Å². The van der Waals surface area contributed by atoms with Crippen molar-refractivity contribution in [3.63, 3.8) is 0 Å². The van der Waals surface area contributed by atoms with E-state index < -0.39 is 30.8 Å². The lowest BCUT2D eigenvalue weighted by Gasteiger charge is -2.33. The minimum absolute atomic E-state index is 0.0651. The van der Waals surface area contributed by atoms with E-state index in [1.54, 1.807) is 36.4 Å². The molecule has 2 N–H and O–H groups in total. The molecular formula is C17H12BNO6. The predicted octanol–water partition coefficient (Wildman–Crippen LogP) is 1.00. The molecule has 0 spiro atoms. The van der Waals surface area contributed by atoms with Gasteiger partial charge in [-0.2, -0.15) is 0 Å². The Morgan fingerprint density at radius 1 is 1.08 bits per heavy atom. The summed E-state index contributed by atoms with van der Waals surface area (Å²) in [5.41, 5.74) is 1.01. The second-order valence-electron chi connectivity index (χ2n) is 5.90. The third-order valence-corrected chi connectivity index (χ3v) is 4.48. The number of carbonyl (C=O) groups is 3. The first-order valence-electron chi connectivity index (χ1n) is 7.66. The molecule has 0 fully saturated rings. The highest BCUT2D eigenvalue weighted by Gasteiger charge is 2.48. The van der Waals surface area contributed by atoms with Crippen molar-refractivity contribution in [1.82, 2.24) is 4.90 Å². The molecule has 2 heterocycles. The van der Waals surface area contributed by atoms with Crippen LogP contribution < -0.4 is 4.65 Å².